The molecule has 1 amide bonds. The van der Waals surface area contributed by atoms with Gasteiger partial charge in [-0.15, -0.1) is 0 Å². The second-order valence-corrected chi connectivity index (χ2v) is 5.55. The van der Waals surface area contributed by atoms with E-state index in [1.165, 1.54) is 27.6 Å². The second kappa shape index (κ2) is 10.1. The SMILES string of the molecule is COc1cc(CNC(=O)COC(=O)CCc2ccco2)cc(OC)c1OC. The van der Waals surface area contributed by atoms with Crippen molar-refractivity contribution in [2.75, 3.05) is 27.9 Å². The van der Waals surface area contributed by atoms with Gasteiger partial charge in [0.25, 0.3) is 5.91 Å². The number of carbonyl (C=O) groups excluding carboxylic acids is 2. The zero-order valence-corrected chi connectivity index (χ0v) is 15.6. The molecule has 1 aromatic carbocycles. The largest absolute Gasteiger partial charge is 0.493 e. The van der Waals surface area contributed by atoms with E-state index in [0.717, 1.165) is 5.56 Å². The highest BCUT2D eigenvalue weighted by Crippen LogP contribution is 2.38. The highest BCUT2D eigenvalue weighted by molar-refractivity contribution is 5.80. The second-order valence-electron chi connectivity index (χ2n) is 5.55. The molecule has 1 N–H and O–H groups in total. The molecule has 8 nitrogen and oxygen atoms in total. The van der Waals surface area contributed by atoms with Gasteiger partial charge in [0.15, 0.2) is 18.1 Å². The summed E-state index contributed by atoms with van der Waals surface area (Å²) in [6.07, 6.45) is 2.11. The fourth-order valence-corrected chi connectivity index (χ4v) is 2.39. The predicted molar refractivity (Wildman–Crippen MR) is 95.9 cm³/mol. The molecule has 0 aliphatic rings. The van der Waals surface area contributed by atoms with E-state index in [9.17, 15) is 9.59 Å². The molecule has 0 spiro atoms. The van der Waals surface area contributed by atoms with Gasteiger partial charge in [-0.25, -0.2) is 0 Å². The van der Waals surface area contributed by atoms with Gasteiger partial charge in [0.1, 0.15) is 5.76 Å². The zero-order chi connectivity index (χ0) is 19.6. The Balaban J connectivity index is 1.80. The summed E-state index contributed by atoms with van der Waals surface area (Å²) in [6.45, 7) is -0.124. The van der Waals surface area contributed by atoms with Crippen LogP contribution in [0.4, 0.5) is 0 Å². The topological polar surface area (TPSA) is 96.2 Å². The van der Waals surface area contributed by atoms with E-state index in [0.29, 0.717) is 29.4 Å². The molecule has 0 unspecified atom stereocenters. The van der Waals surface area contributed by atoms with Crippen LogP contribution in [0.25, 0.3) is 0 Å². The number of methoxy groups -OCH3 is 3. The van der Waals surface area contributed by atoms with Crippen LogP contribution in [-0.2, 0) is 27.3 Å². The molecular weight excluding hydrogens is 354 g/mol. The molecule has 1 heterocycles. The summed E-state index contributed by atoms with van der Waals surface area (Å²) in [4.78, 5) is 23.6. The molecule has 2 rings (SSSR count). The van der Waals surface area contributed by atoms with E-state index < -0.39 is 11.9 Å². The lowest BCUT2D eigenvalue weighted by atomic mass is 10.1. The number of ether oxygens (including phenoxy) is 4. The molecule has 0 saturated carbocycles. The van der Waals surface area contributed by atoms with E-state index in [1.807, 2.05) is 0 Å². The lowest BCUT2D eigenvalue weighted by molar-refractivity contribution is -0.148. The number of amides is 1. The zero-order valence-electron chi connectivity index (χ0n) is 15.6. The van der Waals surface area contributed by atoms with Crippen molar-refractivity contribution >= 4 is 11.9 Å². The normalized spacial score (nSPS) is 10.2. The van der Waals surface area contributed by atoms with Crippen molar-refractivity contribution in [2.45, 2.75) is 19.4 Å². The molecule has 0 saturated heterocycles. The van der Waals surface area contributed by atoms with Crippen LogP contribution in [0.1, 0.15) is 17.7 Å². The minimum Gasteiger partial charge on any atom is -0.493 e. The molecular formula is C19H23NO7. The van der Waals surface area contributed by atoms with Crippen LogP contribution in [0, 0.1) is 0 Å². The van der Waals surface area contributed by atoms with E-state index in [4.69, 9.17) is 23.4 Å². The smallest absolute Gasteiger partial charge is 0.306 e. The first-order valence-electron chi connectivity index (χ1n) is 8.31. The first-order valence-corrected chi connectivity index (χ1v) is 8.31. The number of hydrogen-bond donors (Lipinski definition) is 1. The molecule has 0 aliphatic carbocycles. The van der Waals surface area contributed by atoms with Gasteiger partial charge in [0.2, 0.25) is 5.75 Å². The fraction of sp³-hybridized carbons (Fsp3) is 0.368. The summed E-state index contributed by atoms with van der Waals surface area (Å²) >= 11 is 0. The number of aryl methyl sites for hydroxylation is 1. The highest BCUT2D eigenvalue weighted by atomic mass is 16.5. The number of carbonyl (C=O) groups is 2. The van der Waals surface area contributed by atoms with Crippen molar-refractivity contribution < 1.29 is 33.0 Å². The molecule has 1 aromatic heterocycles. The maximum atomic E-state index is 11.9. The van der Waals surface area contributed by atoms with Crippen molar-refractivity contribution in [3.8, 4) is 17.2 Å². The van der Waals surface area contributed by atoms with Gasteiger partial charge in [-0.05, 0) is 29.8 Å². The van der Waals surface area contributed by atoms with Crippen LogP contribution in [-0.4, -0.2) is 39.8 Å². The van der Waals surface area contributed by atoms with Gasteiger partial charge in [-0.1, -0.05) is 0 Å². The number of rotatable bonds is 10. The molecule has 0 radical (unpaired) electrons. The molecule has 0 atom stereocenters. The fourth-order valence-electron chi connectivity index (χ4n) is 2.39. The van der Waals surface area contributed by atoms with E-state index in [2.05, 4.69) is 5.32 Å². The van der Waals surface area contributed by atoms with Crippen molar-refractivity contribution in [1.29, 1.82) is 0 Å². The average molecular weight is 377 g/mol. The van der Waals surface area contributed by atoms with E-state index in [-0.39, 0.29) is 19.6 Å². The van der Waals surface area contributed by atoms with Gasteiger partial charge in [0, 0.05) is 13.0 Å². The molecule has 0 bridgehead atoms. The van der Waals surface area contributed by atoms with E-state index in [1.54, 1.807) is 24.3 Å². The van der Waals surface area contributed by atoms with Crippen LogP contribution < -0.4 is 19.5 Å². The standard InChI is InChI=1S/C19H23NO7/c1-23-15-9-13(10-16(24-2)19(15)25-3)11-20-17(21)12-27-18(22)7-6-14-5-4-8-26-14/h4-5,8-10H,6-7,11-12H2,1-3H3,(H,20,21). The first-order chi connectivity index (χ1) is 13.1. The summed E-state index contributed by atoms with van der Waals surface area (Å²) in [7, 11) is 4.55. The minimum atomic E-state index is -0.464. The first kappa shape index (κ1) is 20.2. The predicted octanol–water partition coefficient (Wildman–Crippen LogP) is 2.10. The minimum absolute atomic E-state index is 0.146. The molecule has 8 heteroatoms. The Labute approximate surface area is 157 Å². The monoisotopic (exact) mass is 377 g/mol. The van der Waals surface area contributed by atoms with Crippen molar-refractivity contribution in [3.05, 3.63) is 41.9 Å². The van der Waals surface area contributed by atoms with Crippen LogP contribution >= 0.6 is 0 Å². The Morgan fingerprint density at radius 1 is 1.07 bits per heavy atom. The molecule has 27 heavy (non-hydrogen) atoms. The number of benzene rings is 1. The number of furan rings is 1. The average Bonchev–Trinajstić information content (AvgIpc) is 3.21. The summed E-state index contributed by atoms with van der Waals surface area (Å²) in [5, 5.41) is 2.68. The van der Waals surface area contributed by atoms with Gasteiger partial charge < -0.3 is 28.7 Å². The Morgan fingerprint density at radius 3 is 2.33 bits per heavy atom. The van der Waals surface area contributed by atoms with Crippen LogP contribution in [0.15, 0.2) is 34.9 Å². The lowest BCUT2D eigenvalue weighted by Gasteiger charge is -2.14. The Hall–Kier alpha value is -3.16. The summed E-state index contributed by atoms with van der Waals surface area (Å²) in [5.41, 5.74) is 0.752. The summed E-state index contributed by atoms with van der Waals surface area (Å²) in [5.74, 6) is 1.28. The third-order valence-electron chi connectivity index (χ3n) is 3.73. The van der Waals surface area contributed by atoms with Crippen LogP contribution in [0.2, 0.25) is 0 Å². The maximum absolute atomic E-state index is 11.9. The van der Waals surface area contributed by atoms with Gasteiger partial charge in [-0.3, -0.25) is 9.59 Å². The molecule has 0 fully saturated rings. The van der Waals surface area contributed by atoms with Gasteiger partial charge in [-0.2, -0.15) is 0 Å². The molecule has 2 aromatic rings. The lowest BCUT2D eigenvalue weighted by Crippen LogP contribution is -2.28. The summed E-state index contributed by atoms with van der Waals surface area (Å²) < 4.78 is 25.9. The molecule has 146 valence electrons. The third-order valence-corrected chi connectivity index (χ3v) is 3.73. The third kappa shape index (κ3) is 5.95. The number of hydrogen-bond acceptors (Lipinski definition) is 7. The highest BCUT2D eigenvalue weighted by Gasteiger charge is 2.14. The number of esters is 1. The Morgan fingerprint density at radius 2 is 1.78 bits per heavy atom. The van der Waals surface area contributed by atoms with E-state index >= 15 is 0 Å². The van der Waals surface area contributed by atoms with Crippen molar-refractivity contribution in [2.24, 2.45) is 0 Å². The van der Waals surface area contributed by atoms with Crippen molar-refractivity contribution in [3.63, 3.8) is 0 Å². The van der Waals surface area contributed by atoms with Crippen LogP contribution in [0.3, 0.4) is 0 Å². The quantitative estimate of drug-likeness (QED) is 0.633. The summed E-state index contributed by atoms with van der Waals surface area (Å²) in [6, 6.07) is 6.99. The number of nitrogens with one attached hydrogen (secondary N) is 1. The molecule has 0 aliphatic heterocycles. The van der Waals surface area contributed by atoms with Crippen LogP contribution in [0.5, 0.6) is 17.2 Å². The van der Waals surface area contributed by atoms with Crippen molar-refractivity contribution in [1.82, 2.24) is 5.32 Å². The Kier molecular flexibility index (Phi) is 7.54. The maximum Gasteiger partial charge on any atom is 0.306 e. The van der Waals surface area contributed by atoms with Gasteiger partial charge >= 0.3 is 5.97 Å². The Bertz CT molecular complexity index is 730. The van der Waals surface area contributed by atoms with Gasteiger partial charge in [0.05, 0.1) is 34.0 Å².